The van der Waals surface area contributed by atoms with Gasteiger partial charge in [-0.25, -0.2) is 23.5 Å². The molecule has 0 radical (unpaired) electrons. The molecule has 1 aliphatic rings. The molecule has 0 aliphatic carbocycles. The minimum absolute atomic E-state index is 0.00893. The van der Waals surface area contributed by atoms with E-state index < -0.39 is 30.4 Å². The van der Waals surface area contributed by atoms with E-state index in [1.54, 1.807) is 19.1 Å². The molecule has 9 nitrogen and oxygen atoms in total. The van der Waals surface area contributed by atoms with Crippen LogP contribution in [0.15, 0.2) is 30.5 Å². The number of nitrogens with zero attached hydrogens (tertiary/aromatic N) is 3. The van der Waals surface area contributed by atoms with Crippen molar-refractivity contribution in [3.05, 3.63) is 47.3 Å². The van der Waals surface area contributed by atoms with E-state index in [1.165, 1.54) is 32.4 Å². The number of anilines is 2. The van der Waals surface area contributed by atoms with Gasteiger partial charge in [-0.1, -0.05) is 6.07 Å². The molecule has 2 N–H and O–H groups in total. The zero-order chi connectivity index (χ0) is 24.2. The summed E-state index contributed by atoms with van der Waals surface area (Å²) < 4.78 is 33.0. The van der Waals surface area contributed by atoms with Crippen LogP contribution in [0.25, 0.3) is 0 Å². The van der Waals surface area contributed by atoms with Crippen molar-refractivity contribution >= 4 is 29.4 Å². The molecule has 1 atom stereocenters. The molecule has 0 saturated carbocycles. The predicted molar refractivity (Wildman–Crippen MR) is 116 cm³/mol. The van der Waals surface area contributed by atoms with Crippen LogP contribution in [0.5, 0.6) is 0 Å². The molecule has 176 valence electrons. The monoisotopic (exact) mass is 461 g/mol. The second kappa shape index (κ2) is 9.88. The number of ether oxygens (including phenoxy) is 1. The molecule has 2 aromatic heterocycles. The van der Waals surface area contributed by atoms with Crippen LogP contribution in [0.1, 0.15) is 46.2 Å². The summed E-state index contributed by atoms with van der Waals surface area (Å²) in [6.45, 7) is 2.31. The van der Waals surface area contributed by atoms with Gasteiger partial charge in [0, 0.05) is 32.1 Å². The molecule has 2 amide bonds. The number of hydrogen-bond donors (Lipinski definition) is 2. The van der Waals surface area contributed by atoms with Crippen LogP contribution < -0.4 is 10.6 Å². The Bertz CT molecular complexity index is 1060. The number of alkyl halides is 2. The van der Waals surface area contributed by atoms with Crippen LogP contribution in [-0.2, 0) is 9.53 Å². The number of carbonyl (C=O) groups is 3. The number of hydrogen-bond acceptors (Lipinski definition) is 7. The van der Waals surface area contributed by atoms with Crippen molar-refractivity contribution in [1.82, 2.24) is 20.2 Å². The van der Waals surface area contributed by atoms with Crippen molar-refractivity contribution in [3.63, 3.8) is 0 Å². The van der Waals surface area contributed by atoms with Gasteiger partial charge in [0.1, 0.15) is 17.3 Å². The summed E-state index contributed by atoms with van der Waals surface area (Å²) in [6, 6.07) is 5.62. The molecule has 2 aromatic rings. The molecule has 1 saturated heterocycles. The summed E-state index contributed by atoms with van der Waals surface area (Å²) in [4.78, 5) is 45.8. The van der Waals surface area contributed by atoms with Crippen LogP contribution >= 0.6 is 0 Å². The van der Waals surface area contributed by atoms with Gasteiger partial charge in [-0.15, -0.1) is 0 Å². The highest BCUT2D eigenvalue weighted by molar-refractivity contribution is 5.94. The summed E-state index contributed by atoms with van der Waals surface area (Å²) in [7, 11) is 1.26. The number of likely N-dealkylation sites (tertiary alicyclic amines) is 1. The number of rotatable bonds is 6. The predicted octanol–water partition coefficient (Wildman–Crippen LogP) is 2.69. The van der Waals surface area contributed by atoms with Crippen LogP contribution in [-0.4, -0.2) is 64.8 Å². The first-order valence-electron chi connectivity index (χ1n) is 10.3. The van der Waals surface area contributed by atoms with E-state index >= 15 is 0 Å². The lowest BCUT2D eigenvalue weighted by Crippen LogP contribution is -2.55. The number of amides is 2. The molecule has 3 rings (SSSR count). The van der Waals surface area contributed by atoms with Crippen molar-refractivity contribution in [2.75, 3.05) is 25.5 Å². The highest BCUT2D eigenvalue weighted by Gasteiger charge is 2.42. The average Bonchev–Trinajstić information content (AvgIpc) is 2.78. The molecule has 33 heavy (non-hydrogen) atoms. The molecule has 1 fully saturated rings. The van der Waals surface area contributed by atoms with Crippen LogP contribution in [0.2, 0.25) is 0 Å². The lowest BCUT2D eigenvalue weighted by Gasteiger charge is -2.39. The zero-order valence-electron chi connectivity index (χ0n) is 18.5. The molecule has 0 bridgehead atoms. The van der Waals surface area contributed by atoms with Crippen molar-refractivity contribution in [2.45, 2.75) is 38.7 Å². The summed E-state index contributed by atoms with van der Waals surface area (Å²) in [6.07, 6.45) is 1.11. The minimum atomic E-state index is -3.02. The Hall–Kier alpha value is -3.63. The van der Waals surface area contributed by atoms with E-state index in [-0.39, 0.29) is 42.4 Å². The van der Waals surface area contributed by atoms with Crippen LogP contribution in [0.4, 0.5) is 20.4 Å². The molecule has 0 aromatic carbocycles. The van der Waals surface area contributed by atoms with E-state index in [4.69, 9.17) is 0 Å². The molecular weight excluding hydrogens is 436 g/mol. The van der Waals surface area contributed by atoms with Gasteiger partial charge in [0.2, 0.25) is 5.91 Å². The number of aryl methyl sites for hydroxylation is 1. The van der Waals surface area contributed by atoms with Gasteiger partial charge in [0.05, 0.1) is 19.2 Å². The first kappa shape index (κ1) is 24.0. The molecule has 11 heteroatoms. The Balaban J connectivity index is 1.86. The van der Waals surface area contributed by atoms with Gasteiger partial charge < -0.3 is 20.3 Å². The number of piperidine rings is 1. The summed E-state index contributed by atoms with van der Waals surface area (Å²) in [5, 5.41) is 5.51. The third-order valence-electron chi connectivity index (χ3n) is 5.27. The topological polar surface area (TPSA) is 114 Å². The van der Waals surface area contributed by atoms with Crippen molar-refractivity contribution in [2.24, 2.45) is 0 Å². The normalized spacial score (nSPS) is 17.2. The molecule has 3 heterocycles. The Kier molecular flexibility index (Phi) is 7.19. The van der Waals surface area contributed by atoms with Gasteiger partial charge in [-0.05, 0) is 37.1 Å². The molecular formula is C22H25F2N5O4. The first-order chi connectivity index (χ1) is 15.6. The van der Waals surface area contributed by atoms with Crippen LogP contribution in [0.3, 0.4) is 0 Å². The minimum Gasteiger partial charge on any atom is -0.465 e. The number of aromatic nitrogens is 2. The quantitative estimate of drug-likeness (QED) is 0.636. The van der Waals surface area contributed by atoms with Gasteiger partial charge in [0.15, 0.2) is 0 Å². The fraction of sp³-hybridized carbons (Fsp3) is 0.409. The third kappa shape index (κ3) is 5.99. The van der Waals surface area contributed by atoms with Crippen molar-refractivity contribution in [1.29, 1.82) is 0 Å². The van der Waals surface area contributed by atoms with E-state index in [9.17, 15) is 23.2 Å². The van der Waals surface area contributed by atoms with E-state index in [0.29, 0.717) is 11.4 Å². The lowest BCUT2D eigenvalue weighted by molar-refractivity contribution is -0.119. The standard InChI is InChI=1S/C22H25F2N5O4/c1-13-4-5-17(27-18-10-15(7-9-25-18)21(32)33-3)28-19(13)20(31)29-12-22(23,24)8-6-16(29)11-26-14(2)30/h4-5,7,9-10,16H,6,8,11-12H2,1-3H3,(H,26,30)(H,25,27,28). The van der Waals surface area contributed by atoms with Crippen LogP contribution in [0, 0.1) is 6.92 Å². The summed E-state index contributed by atoms with van der Waals surface area (Å²) in [5.74, 6) is -3.97. The van der Waals surface area contributed by atoms with Gasteiger partial charge in [0.25, 0.3) is 11.8 Å². The fourth-order valence-electron chi connectivity index (χ4n) is 3.53. The van der Waals surface area contributed by atoms with Gasteiger partial charge in [-0.2, -0.15) is 0 Å². The van der Waals surface area contributed by atoms with Crippen molar-refractivity contribution < 1.29 is 27.9 Å². The molecule has 0 spiro atoms. The fourth-order valence-corrected chi connectivity index (χ4v) is 3.53. The highest BCUT2D eigenvalue weighted by Crippen LogP contribution is 2.31. The molecule has 1 unspecified atom stereocenters. The van der Waals surface area contributed by atoms with Gasteiger partial charge >= 0.3 is 5.97 Å². The van der Waals surface area contributed by atoms with Gasteiger partial charge in [-0.3, -0.25) is 9.59 Å². The zero-order valence-corrected chi connectivity index (χ0v) is 18.5. The Morgan fingerprint density at radius 2 is 2.00 bits per heavy atom. The number of halogens is 2. The van der Waals surface area contributed by atoms with E-state index in [1.807, 2.05) is 0 Å². The Morgan fingerprint density at radius 3 is 2.70 bits per heavy atom. The number of methoxy groups -OCH3 is 1. The first-order valence-corrected chi connectivity index (χ1v) is 10.3. The van der Waals surface area contributed by atoms with Crippen molar-refractivity contribution in [3.8, 4) is 0 Å². The average molecular weight is 461 g/mol. The summed E-state index contributed by atoms with van der Waals surface area (Å²) in [5.41, 5.74) is 0.790. The smallest absolute Gasteiger partial charge is 0.338 e. The maximum Gasteiger partial charge on any atom is 0.338 e. The maximum atomic E-state index is 14.1. The number of esters is 1. The maximum absolute atomic E-state index is 14.1. The highest BCUT2D eigenvalue weighted by atomic mass is 19.3. The Labute approximate surface area is 189 Å². The largest absolute Gasteiger partial charge is 0.465 e. The number of pyridine rings is 2. The lowest BCUT2D eigenvalue weighted by atomic mass is 9.98. The number of nitrogens with one attached hydrogen (secondary N) is 2. The molecule has 1 aliphatic heterocycles. The SMILES string of the molecule is COC(=O)c1ccnc(Nc2ccc(C)c(C(=O)N3CC(F)(F)CCC3CNC(C)=O)n2)c1. The Morgan fingerprint density at radius 1 is 1.24 bits per heavy atom. The van der Waals surface area contributed by atoms with E-state index in [0.717, 1.165) is 4.90 Å². The second-order valence-electron chi connectivity index (χ2n) is 7.83. The van der Waals surface area contributed by atoms with E-state index in [2.05, 4.69) is 25.3 Å². The third-order valence-corrected chi connectivity index (χ3v) is 5.27. The summed E-state index contributed by atoms with van der Waals surface area (Å²) >= 11 is 0. The second-order valence-corrected chi connectivity index (χ2v) is 7.83. The number of carbonyl (C=O) groups excluding carboxylic acids is 3.